The maximum atomic E-state index is 13.5. The second-order valence-electron chi connectivity index (χ2n) is 4.95. The summed E-state index contributed by atoms with van der Waals surface area (Å²) in [6.07, 6.45) is 0. The zero-order valence-electron chi connectivity index (χ0n) is 11.7. The number of hydrogen-bond donors (Lipinski definition) is 1. The predicted molar refractivity (Wildman–Crippen MR) is 78.7 cm³/mol. The van der Waals surface area contributed by atoms with E-state index in [-0.39, 0.29) is 24.0 Å². The van der Waals surface area contributed by atoms with E-state index in [1.54, 1.807) is 4.90 Å². The lowest BCUT2D eigenvalue weighted by molar-refractivity contribution is -0.130. The molecule has 1 N–H and O–H groups in total. The largest absolute Gasteiger partial charge is 0.340 e. The van der Waals surface area contributed by atoms with Crippen molar-refractivity contribution in [3.63, 3.8) is 0 Å². The zero-order valence-corrected chi connectivity index (χ0v) is 12.5. The van der Waals surface area contributed by atoms with E-state index >= 15 is 0 Å². The fraction of sp³-hybridized carbons (Fsp3) is 0.429. The highest BCUT2D eigenvalue weighted by Crippen LogP contribution is 2.19. The number of amides is 2. The summed E-state index contributed by atoms with van der Waals surface area (Å²) in [6, 6.07) is 4.01. The van der Waals surface area contributed by atoms with Crippen LogP contribution in [0.5, 0.6) is 0 Å². The fourth-order valence-electron chi connectivity index (χ4n) is 2.21. The van der Waals surface area contributed by atoms with Crippen LogP contribution in [0.25, 0.3) is 0 Å². The molecule has 2 rings (SSSR count). The van der Waals surface area contributed by atoms with Crippen molar-refractivity contribution in [2.24, 2.45) is 0 Å². The number of piperazine rings is 1. The molecule has 7 heteroatoms. The number of benzene rings is 1. The molecule has 0 aliphatic carbocycles. The molecule has 1 heterocycles. The summed E-state index contributed by atoms with van der Waals surface area (Å²) in [5, 5.41) is 2.87. The fourth-order valence-corrected chi connectivity index (χ4v) is 2.38. The molecule has 0 radical (unpaired) electrons. The van der Waals surface area contributed by atoms with Gasteiger partial charge in [0.05, 0.1) is 12.2 Å². The number of nitrogens with one attached hydrogen (secondary N) is 1. The molecule has 114 valence electrons. The van der Waals surface area contributed by atoms with Gasteiger partial charge in [-0.1, -0.05) is 11.6 Å². The lowest BCUT2D eigenvalue weighted by Crippen LogP contribution is -2.49. The average molecular weight is 314 g/mol. The Kier molecular flexibility index (Phi) is 5.14. The molecule has 0 bridgehead atoms. The van der Waals surface area contributed by atoms with E-state index in [4.69, 9.17) is 11.6 Å². The van der Waals surface area contributed by atoms with Gasteiger partial charge in [0.1, 0.15) is 5.82 Å². The lowest BCUT2D eigenvalue weighted by Gasteiger charge is -2.33. The van der Waals surface area contributed by atoms with Crippen molar-refractivity contribution < 1.29 is 14.0 Å². The molecule has 0 unspecified atom stereocenters. The number of carbonyl (C=O) groups is 2. The van der Waals surface area contributed by atoms with Crippen LogP contribution in [0.2, 0.25) is 5.02 Å². The van der Waals surface area contributed by atoms with Gasteiger partial charge in [-0.3, -0.25) is 14.5 Å². The van der Waals surface area contributed by atoms with Crippen molar-refractivity contribution in [3.05, 3.63) is 29.0 Å². The van der Waals surface area contributed by atoms with Crippen molar-refractivity contribution in [1.29, 1.82) is 0 Å². The first-order valence-corrected chi connectivity index (χ1v) is 7.06. The van der Waals surface area contributed by atoms with Gasteiger partial charge in [0.25, 0.3) is 0 Å². The highest BCUT2D eigenvalue weighted by molar-refractivity contribution is 6.30. The zero-order chi connectivity index (χ0) is 15.4. The Balaban J connectivity index is 1.85. The summed E-state index contributed by atoms with van der Waals surface area (Å²) in [7, 11) is 0. The van der Waals surface area contributed by atoms with Crippen molar-refractivity contribution >= 4 is 29.1 Å². The van der Waals surface area contributed by atoms with Gasteiger partial charge in [0.15, 0.2) is 0 Å². The molecule has 0 aromatic heterocycles. The van der Waals surface area contributed by atoms with Crippen LogP contribution in [0.1, 0.15) is 6.92 Å². The number of halogens is 2. The molecule has 2 amide bonds. The number of nitrogens with zero attached hydrogens (tertiary/aromatic N) is 2. The van der Waals surface area contributed by atoms with Crippen LogP contribution >= 0.6 is 11.6 Å². The van der Waals surface area contributed by atoms with Crippen molar-refractivity contribution in [2.75, 3.05) is 38.0 Å². The van der Waals surface area contributed by atoms with Crippen molar-refractivity contribution in [3.8, 4) is 0 Å². The molecule has 5 nitrogen and oxygen atoms in total. The SMILES string of the molecule is CC(=O)N1CCN(CC(=O)Nc2cc(Cl)ccc2F)CC1. The van der Waals surface area contributed by atoms with Crippen LogP contribution < -0.4 is 5.32 Å². The quantitative estimate of drug-likeness (QED) is 0.922. The monoisotopic (exact) mass is 313 g/mol. The second-order valence-corrected chi connectivity index (χ2v) is 5.39. The summed E-state index contributed by atoms with van der Waals surface area (Å²) in [5.41, 5.74) is 0.0786. The molecule has 1 saturated heterocycles. The molecule has 0 atom stereocenters. The summed E-state index contributed by atoms with van der Waals surface area (Å²) in [5.74, 6) is -0.776. The molecule has 1 aliphatic rings. The molecule has 1 aliphatic heterocycles. The first kappa shape index (κ1) is 15.7. The molecule has 1 aromatic carbocycles. The highest BCUT2D eigenvalue weighted by atomic mass is 35.5. The Morgan fingerprint density at radius 2 is 1.95 bits per heavy atom. The van der Waals surface area contributed by atoms with E-state index in [2.05, 4.69) is 5.32 Å². The topological polar surface area (TPSA) is 52.7 Å². The highest BCUT2D eigenvalue weighted by Gasteiger charge is 2.20. The van der Waals surface area contributed by atoms with E-state index in [0.717, 1.165) is 0 Å². The third-order valence-electron chi connectivity index (χ3n) is 3.39. The minimum absolute atomic E-state index is 0.0418. The Morgan fingerprint density at radius 1 is 1.29 bits per heavy atom. The van der Waals surface area contributed by atoms with Gasteiger partial charge < -0.3 is 10.2 Å². The standard InChI is InChI=1S/C14H17ClFN3O2/c1-10(20)19-6-4-18(5-7-19)9-14(21)17-13-8-11(15)2-3-12(13)16/h2-3,8H,4-7,9H2,1H3,(H,17,21). The summed E-state index contributed by atoms with van der Waals surface area (Å²) >= 11 is 5.77. The predicted octanol–water partition coefficient (Wildman–Crippen LogP) is 1.58. The van der Waals surface area contributed by atoms with Crippen molar-refractivity contribution in [1.82, 2.24) is 9.80 Å². The van der Waals surface area contributed by atoms with Crippen LogP contribution in [-0.4, -0.2) is 54.3 Å². The van der Waals surface area contributed by atoms with Gasteiger partial charge in [-0.25, -0.2) is 4.39 Å². The molecule has 0 saturated carbocycles. The average Bonchev–Trinajstić information content (AvgIpc) is 2.43. The third kappa shape index (κ3) is 4.41. The third-order valence-corrected chi connectivity index (χ3v) is 3.62. The summed E-state index contributed by atoms with van der Waals surface area (Å²) < 4.78 is 13.5. The van der Waals surface area contributed by atoms with Gasteiger partial charge in [-0.05, 0) is 18.2 Å². The normalized spacial score (nSPS) is 15.9. The van der Waals surface area contributed by atoms with Crippen LogP contribution in [0.15, 0.2) is 18.2 Å². The molecular weight excluding hydrogens is 297 g/mol. The minimum atomic E-state index is -0.519. The first-order chi connectivity index (χ1) is 9.95. The molecule has 0 spiro atoms. The lowest BCUT2D eigenvalue weighted by atomic mass is 10.3. The van der Waals surface area contributed by atoms with E-state index in [9.17, 15) is 14.0 Å². The molecule has 1 aromatic rings. The van der Waals surface area contributed by atoms with Crippen LogP contribution in [-0.2, 0) is 9.59 Å². The number of anilines is 1. The number of rotatable bonds is 3. The minimum Gasteiger partial charge on any atom is -0.340 e. The van der Waals surface area contributed by atoms with Crippen LogP contribution in [0.4, 0.5) is 10.1 Å². The number of carbonyl (C=O) groups excluding carboxylic acids is 2. The maximum absolute atomic E-state index is 13.5. The van der Waals surface area contributed by atoms with E-state index in [1.807, 2.05) is 4.90 Å². The Bertz CT molecular complexity index is 545. The van der Waals surface area contributed by atoms with Gasteiger partial charge in [0, 0.05) is 38.1 Å². The summed E-state index contributed by atoms with van der Waals surface area (Å²) in [6.45, 7) is 4.17. The van der Waals surface area contributed by atoms with Gasteiger partial charge >= 0.3 is 0 Å². The van der Waals surface area contributed by atoms with Gasteiger partial charge in [0.2, 0.25) is 11.8 Å². The van der Waals surface area contributed by atoms with E-state index < -0.39 is 5.82 Å². The molecule has 1 fully saturated rings. The number of hydrogen-bond acceptors (Lipinski definition) is 3. The Hall–Kier alpha value is -1.66. The van der Waals surface area contributed by atoms with Crippen LogP contribution in [0.3, 0.4) is 0 Å². The molecule has 21 heavy (non-hydrogen) atoms. The summed E-state index contributed by atoms with van der Waals surface area (Å²) in [4.78, 5) is 26.8. The smallest absolute Gasteiger partial charge is 0.238 e. The van der Waals surface area contributed by atoms with Crippen molar-refractivity contribution in [2.45, 2.75) is 6.92 Å². The maximum Gasteiger partial charge on any atom is 0.238 e. The molecular formula is C14H17ClFN3O2. The van der Waals surface area contributed by atoms with Gasteiger partial charge in [-0.15, -0.1) is 0 Å². The Morgan fingerprint density at radius 3 is 2.57 bits per heavy atom. The van der Waals surface area contributed by atoms with Crippen LogP contribution in [0, 0.1) is 5.82 Å². The Labute approximate surface area is 127 Å². The van der Waals surface area contributed by atoms with Gasteiger partial charge in [-0.2, -0.15) is 0 Å². The van der Waals surface area contributed by atoms with E-state index in [1.165, 1.54) is 25.1 Å². The van der Waals surface area contributed by atoms with E-state index in [0.29, 0.717) is 31.2 Å². The first-order valence-electron chi connectivity index (χ1n) is 6.68. The second kappa shape index (κ2) is 6.87.